The molecule has 0 aliphatic heterocycles. The Kier molecular flexibility index (Phi) is 6.09. The number of aromatic hydroxyl groups is 1. The average Bonchev–Trinajstić information content (AvgIpc) is 2.85. The lowest BCUT2D eigenvalue weighted by atomic mass is 9.56. The molecule has 2 aliphatic carbocycles. The maximum Gasteiger partial charge on any atom is 0.256 e. The molecule has 2 aliphatic rings. The lowest BCUT2D eigenvalue weighted by Crippen LogP contribution is -2.41. The first kappa shape index (κ1) is 26.5. The minimum absolute atomic E-state index is 0.0431. The number of hydrogen-bond donors (Lipinski definition) is 2. The van der Waals surface area contributed by atoms with Crippen LogP contribution in [0.15, 0.2) is 48.5 Å². The zero-order chi connectivity index (χ0) is 27.7. The molecule has 1 amide bonds. The van der Waals surface area contributed by atoms with Gasteiger partial charge in [0.25, 0.3) is 5.91 Å². The first-order valence-electron chi connectivity index (χ1n) is 14.0. The molecule has 2 N–H and O–H groups in total. The van der Waals surface area contributed by atoms with Gasteiger partial charge in [0.15, 0.2) is 0 Å². The van der Waals surface area contributed by atoms with E-state index in [1.54, 1.807) is 18.2 Å². The second-order valence-electron chi connectivity index (χ2n) is 14.1. The fourth-order valence-electron chi connectivity index (χ4n) is 6.68. The summed E-state index contributed by atoms with van der Waals surface area (Å²) in [6.07, 6.45) is 4.43. The summed E-state index contributed by atoms with van der Waals surface area (Å²) < 4.78 is 0. The smallest absolute Gasteiger partial charge is 0.256 e. The molecule has 1 radical (unpaired) electrons. The molecule has 3 aromatic carbocycles. The van der Waals surface area contributed by atoms with Crippen LogP contribution in [-0.4, -0.2) is 11.0 Å². The summed E-state index contributed by atoms with van der Waals surface area (Å²) in [6, 6.07) is 18.4. The number of benzene rings is 3. The van der Waals surface area contributed by atoms with Gasteiger partial charge in [0.1, 0.15) is 5.75 Å². The van der Waals surface area contributed by atoms with Crippen LogP contribution in [0, 0.1) is 6.07 Å². The van der Waals surface area contributed by atoms with E-state index in [1.807, 2.05) is 24.3 Å². The molecule has 0 heterocycles. The van der Waals surface area contributed by atoms with Crippen LogP contribution in [0.1, 0.15) is 114 Å². The summed E-state index contributed by atoms with van der Waals surface area (Å²) in [4.78, 5) is 13.9. The van der Waals surface area contributed by atoms with Crippen molar-refractivity contribution in [2.45, 2.75) is 103 Å². The predicted octanol–water partition coefficient (Wildman–Crippen LogP) is 8.81. The van der Waals surface area contributed by atoms with E-state index in [0.29, 0.717) is 5.56 Å². The molecule has 3 heteroatoms. The predicted molar refractivity (Wildman–Crippen MR) is 157 cm³/mol. The van der Waals surface area contributed by atoms with Gasteiger partial charge in [-0.15, -0.1) is 0 Å². The Balaban J connectivity index is 1.65. The van der Waals surface area contributed by atoms with Gasteiger partial charge in [-0.05, 0) is 99.4 Å². The molecule has 3 aromatic rings. The van der Waals surface area contributed by atoms with Gasteiger partial charge in [0.2, 0.25) is 0 Å². The largest absolute Gasteiger partial charge is 0.507 e. The van der Waals surface area contributed by atoms with Crippen LogP contribution < -0.4 is 5.32 Å². The van der Waals surface area contributed by atoms with Gasteiger partial charge >= 0.3 is 0 Å². The first-order valence-corrected chi connectivity index (χ1v) is 14.0. The van der Waals surface area contributed by atoms with E-state index in [0.717, 1.165) is 42.5 Å². The molecule has 0 unspecified atom stereocenters. The number of fused-ring (bicyclic) bond motifs is 2. The Morgan fingerprint density at radius 2 is 1.29 bits per heavy atom. The van der Waals surface area contributed by atoms with Crippen molar-refractivity contribution < 1.29 is 9.90 Å². The summed E-state index contributed by atoms with van der Waals surface area (Å²) in [5, 5.41) is 13.7. The van der Waals surface area contributed by atoms with Crippen molar-refractivity contribution in [1.29, 1.82) is 0 Å². The molecule has 0 aromatic heterocycles. The number of hydrogen-bond acceptors (Lipinski definition) is 2. The second kappa shape index (κ2) is 8.73. The Morgan fingerprint density at radius 3 is 1.79 bits per heavy atom. The third kappa shape index (κ3) is 4.34. The highest BCUT2D eigenvalue weighted by Gasteiger charge is 2.46. The van der Waals surface area contributed by atoms with E-state index >= 15 is 0 Å². The average molecular weight is 509 g/mol. The Bertz CT molecular complexity index is 1350. The zero-order valence-electron chi connectivity index (χ0n) is 24.3. The highest BCUT2D eigenvalue weighted by Crippen LogP contribution is 2.56. The Hall–Kier alpha value is -3.07. The fraction of sp³-hybridized carbons (Fsp3) is 0.457. The molecule has 5 rings (SSSR count). The lowest BCUT2D eigenvalue weighted by Gasteiger charge is -2.49. The number of phenolic OH excluding ortho intramolecular Hbond substituents is 1. The highest BCUT2D eigenvalue weighted by atomic mass is 16.3. The molecule has 0 saturated heterocycles. The summed E-state index contributed by atoms with van der Waals surface area (Å²) in [5.41, 5.74) is 8.46. The van der Waals surface area contributed by atoms with Crippen molar-refractivity contribution in [3.8, 4) is 16.9 Å². The Labute approximate surface area is 228 Å². The molecule has 199 valence electrons. The Morgan fingerprint density at radius 1 is 0.763 bits per heavy atom. The SMILES string of the molecule is CC1(C)CCC(C)(C)c2c1cc1c(c2NC(=O)c2[c]cc(-c3ccccc3O)cc2)C(C)(C)CCC1(C)C. The van der Waals surface area contributed by atoms with Crippen LogP contribution >= 0.6 is 0 Å². The number of amides is 1. The zero-order valence-corrected chi connectivity index (χ0v) is 24.3. The summed E-state index contributed by atoms with van der Waals surface area (Å²) in [7, 11) is 0. The fourth-order valence-corrected chi connectivity index (χ4v) is 6.68. The molecule has 0 bridgehead atoms. The van der Waals surface area contributed by atoms with E-state index in [1.165, 1.54) is 22.3 Å². The summed E-state index contributed by atoms with van der Waals surface area (Å²) >= 11 is 0. The van der Waals surface area contributed by atoms with Crippen molar-refractivity contribution >= 4 is 11.6 Å². The van der Waals surface area contributed by atoms with E-state index in [2.05, 4.69) is 72.8 Å². The van der Waals surface area contributed by atoms with Crippen molar-refractivity contribution in [3.05, 3.63) is 82.4 Å². The normalized spacial score (nSPS) is 20.2. The summed E-state index contributed by atoms with van der Waals surface area (Å²) in [5.74, 6) is 0.0816. The molecule has 0 spiro atoms. The third-order valence-electron chi connectivity index (χ3n) is 9.40. The minimum Gasteiger partial charge on any atom is -0.507 e. The number of anilines is 1. The summed E-state index contributed by atoms with van der Waals surface area (Å²) in [6.45, 7) is 18.7. The quantitative estimate of drug-likeness (QED) is 0.371. The van der Waals surface area contributed by atoms with Crippen molar-refractivity contribution in [2.24, 2.45) is 0 Å². The van der Waals surface area contributed by atoms with Crippen LogP contribution in [0.5, 0.6) is 5.75 Å². The van der Waals surface area contributed by atoms with Crippen molar-refractivity contribution in [1.82, 2.24) is 0 Å². The van der Waals surface area contributed by atoms with Crippen LogP contribution in [-0.2, 0) is 21.7 Å². The van der Waals surface area contributed by atoms with E-state index in [-0.39, 0.29) is 33.3 Å². The number of rotatable bonds is 3. The molecule has 3 nitrogen and oxygen atoms in total. The van der Waals surface area contributed by atoms with Gasteiger partial charge in [0, 0.05) is 16.8 Å². The maximum absolute atomic E-state index is 13.9. The number of carbonyl (C=O) groups excluding carboxylic acids is 1. The molecule has 38 heavy (non-hydrogen) atoms. The van der Waals surface area contributed by atoms with Gasteiger partial charge in [-0.25, -0.2) is 0 Å². The number of phenols is 1. The van der Waals surface area contributed by atoms with Gasteiger partial charge in [-0.2, -0.15) is 0 Å². The number of para-hydroxylation sites is 1. The molecular formula is C35H42NO2. The van der Waals surface area contributed by atoms with Crippen LogP contribution in [0.4, 0.5) is 5.69 Å². The number of nitrogens with one attached hydrogen (secondary N) is 1. The monoisotopic (exact) mass is 508 g/mol. The van der Waals surface area contributed by atoms with E-state index in [9.17, 15) is 9.90 Å². The second-order valence-corrected chi connectivity index (χ2v) is 14.1. The number of carbonyl (C=O) groups is 1. The highest BCUT2D eigenvalue weighted by molar-refractivity contribution is 6.06. The van der Waals surface area contributed by atoms with Crippen LogP contribution in [0.2, 0.25) is 0 Å². The molecule has 0 fully saturated rings. The minimum atomic E-state index is -0.136. The first-order chi connectivity index (χ1) is 17.6. The molecular weight excluding hydrogens is 466 g/mol. The maximum atomic E-state index is 13.9. The molecule has 0 saturated carbocycles. The van der Waals surface area contributed by atoms with Crippen molar-refractivity contribution in [2.75, 3.05) is 5.32 Å². The van der Waals surface area contributed by atoms with Gasteiger partial charge < -0.3 is 10.4 Å². The van der Waals surface area contributed by atoms with E-state index in [4.69, 9.17) is 0 Å². The van der Waals surface area contributed by atoms with E-state index < -0.39 is 0 Å². The van der Waals surface area contributed by atoms with Crippen LogP contribution in [0.25, 0.3) is 11.1 Å². The van der Waals surface area contributed by atoms with Gasteiger partial charge in [-0.3, -0.25) is 4.79 Å². The van der Waals surface area contributed by atoms with Crippen molar-refractivity contribution in [3.63, 3.8) is 0 Å². The van der Waals surface area contributed by atoms with Crippen LogP contribution in [0.3, 0.4) is 0 Å². The topological polar surface area (TPSA) is 49.3 Å². The van der Waals surface area contributed by atoms with Gasteiger partial charge in [0.05, 0.1) is 0 Å². The third-order valence-corrected chi connectivity index (χ3v) is 9.40. The lowest BCUT2D eigenvalue weighted by molar-refractivity contribution is 0.102. The van der Waals surface area contributed by atoms with Gasteiger partial charge in [-0.1, -0.05) is 85.7 Å². The standard InChI is InChI=1S/C35H42NO2/c1-32(2)17-19-34(5,6)28-25(32)21-26-29(35(7,8)20-18-33(26,3)4)30(28)36-31(38)23-15-13-22(14-16-23)24-11-9-10-12-27(24)37/h9-15,21,37H,17-20H2,1-8H3,(H,36,38). The molecule has 0 atom stereocenters.